The van der Waals surface area contributed by atoms with Crippen molar-refractivity contribution in [1.29, 1.82) is 0 Å². The summed E-state index contributed by atoms with van der Waals surface area (Å²) in [6.07, 6.45) is 5.81. The van der Waals surface area contributed by atoms with Gasteiger partial charge in [-0.05, 0) is 55.4 Å². The minimum Gasteiger partial charge on any atom is -0.384 e. The van der Waals surface area contributed by atoms with Crippen molar-refractivity contribution in [3.8, 4) is 0 Å². The summed E-state index contributed by atoms with van der Waals surface area (Å²) in [6.45, 7) is 5.47. The van der Waals surface area contributed by atoms with E-state index in [2.05, 4.69) is 37.4 Å². The molecule has 1 aromatic carbocycles. The number of aryl methyl sites for hydroxylation is 2. The maximum Gasteiger partial charge on any atom is 0.0726 e. The third kappa shape index (κ3) is 2.20. The fraction of sp³-hybridized carbons (Fsp3) is 0.471. The molecule has 3 rings (SSSR count). The van der Waals surface area contributed by atoms with Crippen molar-refractivity contribution in [2.75, 3.05) is 11.9 Å². The normalized spacial score (nSPS) is 13.8. The Morgan fingerprint density at radius 3 is 2.89 bits per heavy atom. The smallest absolute Gasteiger partial charge is 0.0726 e. The molecule has 0 fully saturated rings. The Morgan fingerprint density at radius 1 is 1.21 bits per heavy atom. The summed E-state index contributed by atoms with van der Waals surface area (Å²) in [4.78, 5) is 4.86. The van der Waals surface area contributed by atoms with Crippen molar-refractivity contribution in [1.82, 2.24) is 4.98 Å². The molecule has 1 aliphatic carbocycles. The largest absolute Gasteiger partial charge is 0.384 e. The van der Waals surface area contributed by atoms with Crippen LogP contribution in [0.3, 0.4) is 0 Å². The van der Waals surface area contributed by atoms with Gasteiger partial charge in [0.25, 0.3) is 0 Å². The van der Waals surface area contributed by atoms with Crippen molar-refractivity contribution in [2.45, 2.75) is 46.0 Å². The molecule has 0 amide bonds. The number of anilines is 1. The van der Waals surface area contributed by atoms with E-state index in [4.69, 9.17) is 4.98 Å². The van der Waals surface area contributed by atoms with Crippen LogP contribution in [-0.4, -0.2) is 11.5 Å². The Kier molecular flexibility index (Phi) is 3.41. The average Bonchev–Trinajstić information content (AvgIpc) is 2.91. The molecule has 2 aromatic rings. The second-order valence-electron chi connectivity index (χ2n) is 5.40. The Balaban J connectivity index is 2.20. The zero-order valence-corrected chi connectivity index (χ0v) is 11.9. The van der Waals surface area contributed by atoms with Gasteiger partial charge in [-0.25, -0.2) is 0 Å². The maximum atomic E-state index is 4.86. The van der Waals surface area contributed by atoms with Gasteiger partial charge < -0.3 is 5.32 Å². The number of rotatable bonds is 4. The first-order valence-electron chi connectivity index (χ1n) is 7.51. The van der Waals surface area contributed by atoms with Crippen LogP contribution < -0.4 is 5.32 Å². The topological polar surface area (TPSA) is 24.9 Å². The van der Waals surface area contributed by atoms with Crippen LogP contribution in [0.15, 0.2) is 18.2 Å². The summed E-state index contributed by atoms with van der Waals surface area (Å²) in [5, 5.41) is 4.96. The SMILES string of the molecule is CCCNc1c2c(nc3ccc(CC)cc13)CCC2. The molecule has 100 valence electrons. The van der Waals surface area contributed by atoms with Gasteiger partial charge in [-0.3, -0.25) is 4.98 Å². The molecule has 0 aliphatic heterocycles. The van der Waals surface area contributed by atoms with Crippen LogP contribution in [0.25, 0.3) is 10.9 Å². The molecule has 0 spiro atoms. The van der Waals surface area contributed by atoms with E-state index in [-0.39, 0.29) is 0 Å². The summed E-state index contributed by atoms with van der Waals surface area (Å²) in [5.74, 6) is 0. The van der Waals surface area contributed by atoms with Gasteiger partial charge in [0.15, 0.2) is 0 Å². The van der Waals surface area contributed by atoms with Crippen molar-refractivity contribution in [2.24, 2.45) is 0 Å². The molecule has 19 heavy (non-hydrogen) atoms. The predicted octanol–water partition coefficient (Wildman–Crippen LogP) is 4.11. The second kappa shape index (κ2) is 5.20. The van der Waals surface area contributed by atoms with E-state index < -0.39 is 0 Å². The van der Waals surface area contributed by atoms with E-state index in [0.717, 1.165) is 31.3 Å². The van der Waals surface area contributed by atoms with Gasteiger partial charge in [0.2, 0.25) is 0 Å². The fourth-order valence-corrected chi connectivity index (χ4v) is 2.98. The van der Waals surface area contributed by atoms with Crippen LogP contribution in [0.4, 0.5) is 5.69 Å². The molecular formula is C17H22N2. The highest BCUT2D eigenvalue weighted by molar-refractivity contribution is 5.94. The monoisotopic (exact) mass is 254 g/mol. The Labute approximate surface area is 115 Å². The molecule has 1 aliphatic rings. The molecule has 0 atom stereocenters. The highest BCUT2D eigenvalue weighted by atomic mass is 14.9. The Bertz CT molecular complexity index is 602. The highest BCUT2D eigenvalue weighted by Gasteiger charge is 2.19. The van der Waals surface area contributed by atoms with Crippen LogP contribution in [-0.2, 0) is 19.3 Å². The standard InChI is InChI=1S/C17H22N2/c1-3-10-18-17-13-6-5-7-15(13)19-16-9-8-12(4-2)11-14(16)17/h8-9,11H,3-7,10H2,1-2H3,(H,18,19). The number of nitrogens with zero attached hydrogens (tertiary/aromatic N) is 1. The van der Waals surface area contributed by atoms with Gasteiger partial charge in [0.05, 0.1) is 5.52 Å². The van der Waals surface area contributed by atoms with E-state index in [1.807, 2.05) is 0 Å². The van der Waals surface area contributed by atoms with E-state index in [9.17, 15) is 0 Å². The molecule has 0 radical (unpaired) electrons. The van der Waals surface area contributed by atoms with E-state index in [0.29, 0.717) is 0 Å². The highest BCUT2D eigenvalue weighted by Crippen LogP contribution is 2.34. The number of nitrogens with one attached hydrogen (secondary N) is 1. The van der Waals surface area contributed by atoms with Gasteiger partial charge in [0, 0.05) is 23.3 Å². The first-order valence-corrected chi connectivity index (χ1v) is 7.51. The van der Waals surface area contributed by atoms with Crippen LogP contribution in [0, 0.1) is 0 Å². The van der Waals surface area contributed by atoms with E-state index in [1.54, 1.807) is 0 Å². The first kappa shape index (κ1) is 12.5. The van der Waals surface area contributed by atoms with Gasteiger partial charge in [-0.15, -0.1) is 0 Å². The van der Waals surface area contributed by atoms with Crippen molar-refractivity contribution in [3.63, 3.8) is 0 Å². The quantitative estimate of drug-likeness (QED) is 0.888. The lowest BCUT2D eigenvalue weighted by Gasteiger charge is -2.15. The number of aromatic nitrogens is 1. The van der Waals surface area contributed by atoms with Gasteiger partial charge >= 0.3 is 0 Å². The molecule has 0 unspecified atom stereocenters. The average molecular weight is 254 g/mol. The fourth-order valence-electron chi connectivity index (χ4n) is 2.98. The molecule has 0 saturated carbocycles. The van der Waals surface area contributed by atoms with E-state index >= 15 is 0 Å². The van der Waals surface area contributed by atoms with E-state index in [1.165, 1.54) is 40.7 Å². The number of fused-ring (bicyclic) bond motifs is 2. The van der Waals surface area contributed by atoms with Crippen molar-refractivity contribution < 1.29 is 0 Å². The minimum atomic E-state index is 1.04. The number of hydrogen-bond acceptors (Lipinski definition) is 2. The molecular weight excluding hydrogens is 232 g/mol. The number of hydrogen-bond donors (Lipinski definition) is 1. The number of pyridine rings is 1. The van der Waals surface area contributed by atoms with Gasteiger partial charge in [0.1, 0.15) is 0 Å². The number of benzene rings is 1. The molecule has 0 saturated heterocycles. The molecule has 2 nitrogen and oxygen atoms in total. The third-order valence-corrected chi connectivity index (χ3v) is 4.04. The van der Waals surface area contributed by atoms with Crippen molar-refractivity contribution in [3.05, 3.63) is 35.0 Å². The molecule has 0 bridgehead atoms. The minimum absolute atomic E-state index is 1.04. The van der Waals surface area contributed by atoms with Crippen molar-refractivity contribution >= 4 is 16.6 Å². The van der Waals surface area contributed by atoms with Gasteiger partial charge in [-0.2, -0.15) is 0 Å². The molecule has 1 N–H and O–H groups in total. The summed E-state index contributed by atoms with van der Waals surface area (Å²) in [5.41, 5.74) is 6.68. The third-order valence-electron chi connectivity index (χ3n) is 4.04. The Morgan fingerprint density at radius 2 is 2.11 bits per heavy atom. The Hall–Kier alpha value is -1.57. The van der Waals surface area contributed by atoms with Crippen LogP contribution >= 0.6 is 0 Å². The summed E-state index contributed by atoms with van der Waals surface area (Å²) >= 11 is 0. The lowest BCUT2D eigenvalue weighted by Crippen LogP contribution is -2.05. The van der Waals surface area contributed by atoms with Crippen LogP contribution in [0.1, 0.15) is 43.5 Å². The summed E-state index contributed by atoms with van der Waals surface area (Å²) in [7, 11) is 0. The summed E-state index contributed by atoms with van der Waals surface area (Å²) < 4.78 is 0. The molecule has 1 aromatic heterocycles. The second-order valence-corrected chi connectivity index (χ2v) is 5.40. The van der Waals surface area contributed by atoms with Crippen LogP contribution in [0.5, 0.6) is 0 Å². The zero-order valence-electron chi connectivity index (χ0n) is 11.9. The lowest BCUT2D eigenvalue weighted by atomic mass is 10.0. The molecule has 1 heterocycles. The summed E-state index contributed by atoms with van der Waals surface area (Å²) in [6, 6.07) is 6.71. The molecule has 2 heteroatoms. The van der Waals surface area contributed by atoms with Crippen LogP contribution in [0.2, 0.25) is 0 Å². The maximum absolute atomic E-state index is 4.86. The lowest BCUT2D eigenvalue weighted by molar-refractivity contribution is 0.900. The predicted molar refractivity (Wildman–Crippen MR) is 81.9 cm³/mol. The zero-order chi connectivity index (χ0) is 13.2. The first-order chi connectivity index (χ1) is 9.33. The van der Waals surface area contributed by atoms with Gasteiger partial charge in [-0.1, -0.05) is 19.9 Å².